The summed E-state index contributed by atoms with van der Waals surface area (Å²) < 4.78 is 5.34. The monoisotopic (exact) mass is 435 g/mol. The zero-order valence-electron chi connectivity index (χ0n) is 19.1. The molecule has 1 aromatic carbocycles. The van der Waals surface area contributed by atoms with Gasteiger partial charge in [-0.25, -0.2) is 0 Å². The minimum Gasteiger partial charge on any atom is -0.497 e. The second-order valence-corrected chi connectivity index (χ2v) is 9.03. The maximum Gasteiger partial charge on any atom is 0.233 e. The van der Waals surface area contributed by atoms with Crippen LogP contribution in [0.2, 0.25) is 0 Å². The van der Waals surface area contributed by atoms with E-state index in [1.165, 1.54) is 13.3 Å². The summed E-state index contributed by atoms with van der Waals surface area (Å²) in [6.45, 7) is 2.75. The Hall–Kier alpha value is -2.89. The maximum absolute atomic E-state index is 14.1. The number of hydrogen-bond acceptors (Lipinski definition) is 4. The fraction of sp³-hybridized carbons (Fsp3) is 0.500. The van der Waals surface area contributed by atoms with Crippen LogP contribution in [0.15, 0.2) is 42.6 Å². The first-order chi connectivity index (χ1) is 15.5. The first-order valence-corrected chi connectivity index (χ1v) is 11.7. The van der Waals surface area contributed by atoms with Gasteiger partial charge in [0.2, 0.25) is 11.8 Å². The zero-order valence-corrected chi connectivity index (χ0v) is 19.1. The molecule has 32 heavy (non-hydrogen) atoms. The number of hydrogen-bond donors (Lipinski definition) is 1. The lowest BCUT2D eigenvalue weighted by Crippen LogP contribution is -2.48. The molecule has 2 fully saturated rings. The number of carbonyl (C=O) groups is 2. The Morgan fingerprint density at radius 2 is 1.84 bits per heavy atom. The van der Waals surface area contributed by atoms with Crippen molar-refractivity contribution in [3.05, 3.63) is 59.4 Å². The van der Waals surface area contributed by atoms with Gasteiger partial charge in [-0.1, -0.05) is 37.5 Å². The third-order valence-electron chi connectivity index (χ3n) is 7.00. The number of nitrogens with one attached hydrogen (secondary N) is 1. The van der Waals surface area contributed by atoms with E-state index in [1.807, 2.05) is 30.5 Å². The van der Waals surface area contributed by atoms with E-state index in [4.69, 9.17) is 4.74 Å². The summed E-state index contributed by atoms with van der Waals surface area (Å²) in [4.78, 5) is 32.0. The standard InChI is InChI=1S/C26H33N3O3/c1-19(30)27-17-20-8-13-23(28-18-20)24-7-6-16-29(24)25(31)26(14-4-3-5-15-26)21-9-11-22(32-2)12-10-21/h8-13,18,24H,3-7,14-17H2,1-2H3,(H,27,30)/t24-/m1/s1. The molecule has 0 bridgehead atoms. The molecule has 6 heteroatoms. The summed E-state index contributed by atoms with van der Waals surface area (Å²) in [5.74, 6) is 1.00. The molecule has 1 N–H and O–H groups in total. The number of carbonyl (C=O) groups excluding carboxylic acids is 2. The molecule has 1 aliphatic heterocycles. The Kier molecular flexibility index (Phi) is 6.77. The number of aromatic nitrogens is 1. The molecular formula is C26H33N3O3. The van der Waals surface area contributed by atoms with E-state index in [2.05, 4.69) is 27.3 Å². The van der Waals surface area contributed by atoms with Crippen molar-refractivity contribution in [2.75, 3.05) is 13.7 Å². The second kappa shape index (κ2) is 9.72. The normalized spacial score (nSPS) is 20.1. The average molecular weight is 436 g/mol. The molecule has 2 heterocycles. The SMILES string of the molecule is COc1ccc(C2(C(=O)N3CCC[C@@H]3c3ccc(CNC(C)=O)cn3)CCCCC2)cc1. The van der Waals surface area contributed by atoms with Gasteiger partial charge in [0, 0.05) is 26.2 Å². The van der Waals surface area contributed by atoms with Gasteiger partial charge in [0.1, 0.15) is 5.75 Å². The first-order valence-electron chi connectivity index (χ1n) is 11.7. The highest BCUT2D eigenvalue weighted by Gasteiger charge is 2.46. The summed E-state index contributed by atoms with van der Waals surface area (Å²) in [5, 5.41) is 2.80. The van der Waals surface area contributed by atoms with Crippen LogP contribution in [0.3, 0.4) is 0 Å². The minimum atomic E-state index is -0.460. The van der Waals surface area contributed by atoms with E-state index in [0.29, 0.717) is 6.54 Å². The molecule has 0 radical (unpaired) electrons. The third-order valence-corrected chi connectivity index (χ3v) is 7.00. The fourth-order valence-electron chi connectivity index (χ4n) is 5.25. The molecule has 2 aromatic rings. The Bertz CT molecular complexity index is 934. The molecule has 1 aromatic heterocycles. The number of nitrogens with zero attached hydrogens (tertiary/aromatic N) is 2. The van der Waals surface area contributed by atoms with Crippen molar-refractivity contribution in [2.24, 2.45) is 0 Å². The number of likely N-dealkylation sites (tertiary alicyclic amines) is 1. The fourth-order valence-corrected chi connectivity index (χ4v) is 5.25. The van der Waals surface area contributed by atoms with Crippen molar-refractivity contribution in [3.8, 4) is 5.75 Å². The van der Waals surface area contributed by atoms with Crippen LogP contribution in [0.1, 0.15) is 74.7 Å². The van der Waals surface area contributed by atoms with Gasteiger partial charge in [-0.15, -0.1) is 0 Å². The van der Waals surface area contributed by atoms with Crippen molar-refractivity contribution >= 4 is 11.8 Å². The van der Waals surface area contributed by atoms with Crippen LogP contribution >= 0.6 is 0 Å². The highest BCUT2D eigenvalue weighted by atomic mass is 16.5. The maximum atomic E-state index is 14.1. The Balaban J connectivity index is 1.58. The van der Waals surface area contributed by atoms with E-state index in [0.717, 1.165) is 67.6 Å². The van der Waals surface area contributed by atoms with E-state index >= 15 is 0 Å². The van der Waals surface area contributed by atoms with E-state index in [9.17, 15) is 9.59 Å². The smallest absolute Gasteiger partial charge is 0.233 e. The van der Waals surface area contributed by atoms with Crippen LogP contribution in [0.5, 0.6) is 5.75 Å². The van der Waals surface area contributed by atoms with Crippen LogP contribution in [0, 0.1) is 0 Å². The number of methoxy groups -OCH3 is 1. The molecular weight excluding hydrogens is 402 g/mol. The topological polar surface area (TPSA) is 71.5 Å². The Morgan fingerprint density at radius 3 is 2.47 bits per heavy atom. The van der Waals surface area contributed by atoms with Crippen LogP contribution in [-0.4, -0.2) is 35.4 Å². The second-order valence-electron chi connectivity index (χ2n) is 9.03. The molecule has 4 rings (SSSR count). The molecule has 2 aliphatic rings. The summed E-state index contributed by atoms with van der Waals surface area (Å²) in [6.07, 6.45) is 8.86. The quantitative estimate of drug-likeness (QED) is 0.735. The zero-order chi connectivity index (χ0) is 22.6. The molecule has 2 amide bonds. The number of pyridine rings is 1. The highest BCUT2D eigenvalue weighted by molar-refractivity contribution is 5.89. The molecule has 6 nitrogen and oxygen atoms in total. The van der Waals surface area contributed by atoms with Crippen molar-refractivity contribution in [1.82, 2.24) is 15.2 Å². The minimum absolute atomic E-state index is 0.00867. The summed E-state index contributed by atoms with van der Waals surface area (Å²) in [5.41, 5.74) is 2.54. The molecule has 1 aliphatic carbocycles. The summed E-state index contributed by atoms with van der Waals surface area (Å²) >= 11 is 0. The van der Waals surface area contributed by atoms with Gasteiger partial charge in [-0.3, -0.25) is 14.6 Å². The Morgan fingerprint density at radius 1 is 1.09 bits per heavy atom. The third kappa shape index (κ3) is 4.50. The van der Waals surface area contributed by atoms with Gasteiger partial charge in [0.25, 0.3) is 0 Å². The first kappa shape index (κ1) is 22.3. The van der Waals surface area contributed by atoms with Crippen LogP contribution < -0.4 is 10.1 Å². The van der Waals surface area contributed by atoms with Gasteiger partial charge in [0.15, 0.2) is 0 Å². The average Bonchev–Trinajstić information content (AvgIpc) is 3.33. The molecule has 1 saturated heterocycles. The Labute approximate surface area is 190 Å². The van der Waals surface area contributed by atoms with E-state index < -0.39 is 5.41 Å². The number of ether oxygens (including phenoxy) is 1. The predicted molar refractivity (Wildman–Crippen MR) is 123 cm³/mol. The van der Waals surface area contributed by atoms with Crippen molar-refractivity contribution in [1.29, 1.82) is 0 Å². The number of amides is 2. The lowest BCUT2D eigenvalue weighted by atomic mass is 9.68. The van der Waals surface area contributed by atoms with Gasteiger partial charge in [-0.2, -0.15) is 0 Å². The molecule has 170 valence electrons. The molecule has 0 unspecified atom stereocenters. The van der Waals surface area contributed by atoms with Crippen LogP contribution in [0.4, 0.5) is 0 Å². The largest absolute Gasteiger partial charge is 0.497 e. The van der Waals surface area contributed by atoms with Crippen LogP contribution in [0.25, 0.3) is 0 Å². The van der Waals surface area contributed by atoms with Gasteiger partial charge >= 0.3 is 0 Å². The van der Waals surface area contributed by atoms with Gasteiger partial charge in [-0.05, 0) is 55.0 Å². The predicted octanol–water partition coefficient (Wildman–Crippen LogP) is 4.29. The van der Waals surface area contributed by atoms with Crippen molar-refractivity contribution in [2.45, 2.75) is 69.9 Å². The molecule has 1 atom stereocenters. The molecule has 1 saturated carbocycles. The summed E-state index contributed by atoms with van der Waals surface area (Å²) in [7, 11) is 1.67. The number of benzene rings is 1. The number of rotatable bonds is 6. The highest BCUT2D eigenvalue weighted by Crippen LogP contribution is 2.44. The summed E-state index contributed by atoms with van der Waals surface area (Å²) in [6, 6.07) is 12.1. The van der Waals surface area contributed by atoms with Gasteiger partial charge < -0.3 is 15.0 Å². The van der Waals surface area contributed by atoms with Gasteiger partial charge in [0.05, 0.1) is 24.3 Å². The van der Waals surface area contributed by atoms with Crippen molar-refractivity contribution in [3.63, 3.8) is 0 Å². The van der Waals surface area contributed by atoms with Crippen molar-refractivity contribution < 1.29 is 14.3 Å². The van der Waals surface area contributed by atoms with E-state index in [1.54, 1.807) is 7.11 Å². The van der Waals surface area contributed by atoms with Crippen LogP contribution in [-0.2, 0) is 21.5 Å². The molecule has 0 spiro atoms. The lowest BCUT2D eigenvalue weighted by Gasteiger charge is -2.41. The van der Waals surface area contributed by atoms with E-state index in [-0.39, 0.29) is 17.9 Å². The lowest BCUT2D eigenvalue weighted by molar-refractivity contribution is -0.140.